The van der Waals surface area contributed by atoms with Gasteiger partial charge < -0.3 is 15.4 Å². The SMILES string of the molecule is CC(C)C1CCCCN(c2c(N)ccc(Oc3ccccc3)c2C(F)(F)F)C1. The maximum Gasteiger partial charge on any atom is 0.422 e. The first-order valence-corrected chi connectivity index (χ1v) is 9.75. The summed E-state index contributed by atoms with van der Waals surface area (Å²) in [4.78, 5) is 1.81. The van der Waals surface area contributed by atoms with Crippen LogP contribution < -0.4 is 15.4 Å². The van der Waals surface area contributed by atoms with Gasteiger partial charge in [-0.3, -0.25) is 0 Å². The van der Waals surface area contributed by atoms with Crippen LogP contribution in [0.4, 0.5) is 24.5 Å². The third-order valence-corrected chi connectivity index (χ3v) is 5.39. The van der Waals surface area contributed by atoms with Gasteiger partial charge in [-0.25, -0.2) is 0 Å². The molecule has 6 heteroatoms. The third kappa shape index (κ3) is 4.54. The van der Waals surface area contributed by atoms with Crippen LogP contribution in [-0.4, -0.2) is 13.1 Å². The van der Waals surface area contributed by atoms with Crippen molar-refractivity contribution in [3.8, 4) is 11.5 Å². The molecule has 3 nitrogen and oxygen atoms in total. The fourth-order valence-electron chi connectivity index (χ4n) is 3.83. The lowest BCUT2D eigenvalue weighted by Gasteiger charge is -2.32. The van der Waals surface area contributed by atoms with Crippen molar-refractivity contribution >= 4 is 11.4 Å². The summed E-state index contributed by atoms with van der Waals surface area (Å²) in [6.07, 6.45) is -1.69. The highest BCUT2D eigenvalue weighted by Crippen LogP contribution is 2.47. The minimum absolute atomic E-state index is 0.0495. The molecule has 0 bridgehead atoms. The van der Waals surface area contributed by atoms with Gasteiger partial charge in [-0.1, -0.05) is 38.5 Å². The zero-order valence-corrected chi connectivity index (χ0v) is 16.3. The largest absolute Gasteiger partial charge is 0.457 e. The van der Waals surface area contributed by atoms with E-state index in [4.69, 9.17) is 10.5 Å². The van der Waals surface area contributed by atoms with E-state index in [1.54, 1.807) is 30.3 Å². The second kappa shape index (κ2) is 8.33. The number of rotatable bonds is 4. The predicted molar refractivity (Wildman–Crippen MR) is 107 cm³/mol. The lowest BCUT2D eigenvalue weighted by Crippen LogP contribution is -2.33. The molecule has 2 N–H and O–H groups in total. The predicted octanol–water partition coefficient (Wildman–Crippen LogP) is 6.34. The maximum atomic E-state index is 14.1. The summed E-state index contributed by atoms with van der Waals surface area (Å²) < 4.78 is 48.1. The van der Waals surface area contributed by atoms with Crippen LogP contribution in [0.3, 0.4) is 0 Å². The van der Waals surface area contributed by atoms with Crippen LogP contribution in [0.1, 0.15) is 38.7 Å². The quantitative estimate of drug-likeness (QED) is 0.617. The van der Waals surface area contributed by atoms with E-state index in [1.807, 2.05) is 4.90 Å². The smallest absolute Gasteiger partial charge is 0.422 e. The highest BCUT2D eigenvalue weighted by atomic mass is 19.4. The van der Waals surface area contributed by atoms with Crippen molar-refractivity contribution in [2.75, 3.05) is 23.7 Å². The standard InChI is InChI=1S/C22H27F3N2O/c1-15(2)16-8-6-7-13-27(14-16)21-18(26)11-12-19(20(21)22(23,24)25)28-17-9-4-3-5-10-17/h3-5,9-12,15-16H,6-8,13-14,26H2,1-2H3. The monoisotopic (exact) mass is 392 g/mol. The Hall–Kier alpha value is -2.37. The molecule has 1 saturated heterocycles. The number of hydrogen-bond acceptors (Lipinski definition) is 3. The van der Waals surface area contributed by atoms with Crippen molar-refractivity contribution in [2.45, 2.75) is 39.3 Å². The van der Waals surface area contributed by atoms with E-state index in [-0.39, 0.29) is 17.1 Å². The molecule has 0 saturated carbocycles. The fraction of sp³-hybridized carbons (Fsp3) is 0.455. The maximum absolute atomic E-state index is 14.1. The molecule has 1 aliphatic rings. The van der Waals surface area contributed by atoms with E-state index in [2.05, 4.69) is 13.8 Å². The molecular formula is C22H27F3N2O. The molecule has 2 aromatic rings. The minimum Gasteiger partial charge on any atom is -0.457 e. The van der Waals surface area contributed by atoms with Gasteiger partial charge in [0, 0.05) is 13.1 Å². The van der Waals surface area contributed by atoms with Gasteiger partial charge in [-0.15, -0.1) is 0 Å². The van der Waals surface area contributed by atoms with Crippen LogP contribution in [0.5, 0.6) is 11.5 Å². The molecule has 0 aliphatic carbocycles. The lowest BCUT2D eigenvalue weighted by molar-refractivity contribution is -0.138. The van der Waals surface area contributed by atoms with Crippen molar-refractivity contribution in [3.63, 3.8) is 0 Å². The number of para-hydroxylation sites is 1. The number of nitrogens with two attached hydrogens (primary N) is 1. The molecule has 152 valence electrons. The topological polar surface area (TPSA) is 38.5 Å². The summed E-state index contributed by atoms with van der Waals surface area (Å²) in [5.74, 6) is 0.884. The summed E-state index contributed by atoms with van der Waals surface area (Å²) in [6.45, 7) is 5.37. The van der Waals surface area contributed by atoms with Gasteiger partial charge >= 0.3 is 6.18 Å². The first-order valence-electron chi connectivity index (χ1n) is 9.75. The van der Waals surface area contributed by atoms with Crippen molar-refractivity contribution in [1.29, 1.82) is 0 Å². The van der Waals surface area contributed by atoms with E-state index in [0.717, 1.165) is 19.3 Å². The zero-order chi connectivity index (χ0) is 20.3. The molecule has 2 aromatic carbocycles. The molecule has 3 rings (SSSR count). The van der Waals surface area contributed by atoms with Crippen LogP contribution in [0.15, 0.2) is 42.5 Å². The molecule has 0 radical (unpaired) electrons. The average Bonchev–Trinajstić information content (AvgIpc) is 2.89. The molecule has 1 fully saturated rings. The van der Waals surface area contributed by atoms with Crippen molar-refractivity contribution < 1.29 is 17.9 Å². The molecule has 1 aliphatic heterocycles. The number of benzene rings is 2. The van der Waals surface area contributed by atoms with Crippen LogP contribution >= 0.6 is 0 Å². The molecule has 1 atom stereocenters. The van der Waals surface area contributed by atoms with Crippen LogP contribution in [0.25, 0.3) is 0 Å². The van der Waals surface area contributed by atoms with E-state index < -0.39 is 11.7 Å². The Morgan fingerprint density at radius 3 is 2.43 bits per heavy atom. The summed E-state index contributed by atoms with van der Waals surface area (Å²) in [7, 11) is 0. The third-order valence-electron chi connectivity index (χ3n) is 5.39. The molecule has 1 unspecified atom stereocenters. The van der Waals surface area contributed by atoms with E-state index in [0.29, 0.717) is 30.7 Å². The van der Waals surface area contributed by atoms with Crippen LogP contribution in [0.2, 0.25) is 0 Å². The molecule has 0 spiro atoms. The van der Waals surface area contributed by atoms with Gasteiger partial charge in [0.15, 0.2) is 0 Å². The highest BCUT2D eigenvalue weighted by Gasteiger charge is 2.40. The summed E-state index contributed by atoms with van der Waals surface area (Å²) in [6, 6.07) is 11.3. The average molecular weight is 392 g/mol. The summed E-state index contributed by atoms with van der Waals surface area (Å²) in [5, 5.41) is 0. The zero-order valence-electron chi connectivity index (χ0n) is 16.3. The van der Waals surface area contributed by atoms with Gasteiger partial charge in [0.2, 0.25) is 0 Å². The van der Waals surface area contributed by atoms with E-state index in [1.165, 1.54) is 12.1 Å². The molecule has 1 heterocycles. The Morgan fingerprint density at radius 2 is 1.79 bits per heavy atom. The van der Waals surface area contributed by atoms with Crippen LogP contribution in [0, 0.1) is 11.8 Å². The van der Waals surface area contributed by atoms with E-state index in [9.17, 15) is 13.2 Å². The molecule has 0 aromatic heterocycles. The summed E-state index contributed by atoms with van der Waals surface area (Å²) >= 11 is 0. The van der Waals surface area contributed by atoms with Crippen molar-refractivity contribution in [3.05, 3.63) is 48.0 Å². The molecular weight excluding hydrogens is 365 g/mol. The normalized spacial score (nSPS) is 18.2. The number of hydrogen-bond donors (Lipinski definition) is 1. The first-order chi connectivity index (χ1) is 13.3. The number of anilines is 2. The Morgan fingerprint density at radius 1 is 1.07 bits per heavy atom. The Bertz CT molecular complexity index is 790. The minimum atomic E-state index is -4.57. The second-order valence-electron chi connectivity index (χ2n) is 7.74. The van der Waals surface area contributed by atoms with Crippen molar-refractivity contribution in [2.24, 2.45) is 11.8 Å². The van der Waals surface area contributed by atoms with E-state index >= 15 is 0 Å². The number of ether oxygens (including phenoxy) is 1. The first kappa shape index (κ1) is 20.4. The fourth-order valence-corrected chi connectivity index (χ4v) is 3.83. The second-order valence-corrected chi connectivity index (χ2v) is 7.74. The van der Waals surface area contributed by atoms with Gasteiger partial charge in [0.25, 0.3) is 0 Å². The Kier molecular flexibility index (Phi) is 6.06. The van der Waals surface area contributed by atoms with Crippen LogP contribution in [-0.2, 0) is 6.18 Å². The van der Waals surface area contributed by atoms with Gasteiger partial charge in [-0.05, 0) is 48.9 Å². The number of alkyl halides is 3. The van der Waals surface area contributed by atoms with Gasteiger partial charge in [0.1, 0.15) is 17.1 Å². The number of nitrogens with zero attached hydrogens (tertiary/aromatic N) is 1. The molecule has 28 heavy (non-hydrogen) atoms. The summed E-state index contributed by atoms with van der Waals surface area (Å²) in [5.41, 5.74) is 5.48. The number of nitrogen functional groups attached to an aromatic ring is 1. The van der Waals surface area contributed by atoms with Crippen molar-refractivity contribution in [1.82, 2.24) is 0 Å². The van der Waals surface area contributed by atoms with Gasteiger partial charge in [0.05, 0.1) is 11.4 Å². The molecule has 0 amide bonds. The lowest BCUT2D eigenvalue weighted by atomic mass is 9.91. The Labute approximate surface area is 164 Å². The Balaban J connectivity index is 2.07. The van der Waals surface area contributed by atoms with Gasteiger partial charge in [-0.2, -0.15) is 13.2 Å². The number of halogens is 3. The highest BCUT2D eigenvalue weighted by molar-refractivity contribution is 5.76.